The largest absolute Gasteiger partial charge is 0.297 e. The van der Waals surface area contributed by atoms with Crippen molar-refractivity contribution in [2.75, 3.05) is 13.1 Å². The van der Waals surface area contributed by atoms with Crippen molar-refractivity contribution in [2.24, 2.45) is 11.3 Å². The minimum absolute atomic E-state index is 0.428. The number of hydrogen-bond donors (Lipinski definition) is 0. The molecule has 0 aromatic carbocycles. The van der Waals surface area contributed by atoms with E-state index in [1.807, 2.05) is 0 Å². The summed E-state index contributed by atoms with van der Waals surface area (Å²) in [7, 11) is 0. The average molecular weight is 261 g/mol. The molecular weight excluding hydrogens is 230 g/mol. The highest BCUT2D eigenvalue weighted by atomic mass is 15.1. The molecule has 19 heavy (non-hydrogen) atoms. The highest BCUT2D eigenvalue weighted by Gasteiger charge is 2.30. The lowest BCUT2D eigenvalue weighted by Gasteiger charge is -2.37. The number of likely N-dealkylation sites (tertiary alicyclic amines) is 1. The van der Waals surface area contributed by atoms with Crippen LogP contribution in [0.2, 0.25) is 0 Å². The van der Waals surface area contributed by atoms with E-state index in [0.29, 0.717) is 17.4 Å². The van der Waals surface area contributed by atoms with Gasteiger partial charge in [0.05, 0.1) is 0 Å². The van der Waals surface area contributed by atoms with Gasteiger partial charge in [-0.05, 0) is 58.0 Å². The summed E-state index contributed by atoms with van der Waals surface area (Å²) in [5.74, 6) is 0.633. The van der Waals surface area contributed by atoms with Gasteiger partial charge in [0.1, 0.15) is 0 Å². The molecule has 0 radical (unpaired) electrons. The van der Waals surface area contributed by atoms with Gasteiger partial charge in [-0.15, -0.1) is 0 Å². The Morgan fingerprint density at radius 1 is 1.26 bits per heavy atom. The first kappa shape index (κ1) is 14.8. The molecule has 1 heteroatoms. The average Bonchev–Trinajstić information content (AvgIpc) is 2.38. The smallest absolute Gasteiger partial charge is 0.0250 e. The Bertz CT molecular complexity index is 345. The first-order valence-electron chi connectivity index (χ1n) is 8.10. The van der Waals surface area contributed by atoms with Crippen LogP contribution in [0.25, 0.3) is 0 Å². The van der Waals surface area contributed by atoms with Gasteiger partial charge >= 0.3 is 0 Å². The minimum atomic E-state index is 0.428. The third-order valence-electron chi connectivity index (χ3n) is 5.14. The Morgan fingerprint density at radius 3 is 2.58 bits per heavy atom. The molecule has 1 aliphatic heterocycles. The van der Waals surface area contributed by atoms with E-state index in [0.717, 1.165) is 0 Å². The fraction of sp³-hybridized carbons (Fsp3) is 0.778. The summed E-state index contributed by atoms with van der Waals surface area (Å²) in [5, 5.41) is 0. The summed E-state index contributed by atoms with van der Waals surface area (Å²) in [4.78, 5) is 2.63. The third-order valence-corrected chi connectivity index (χ3v) is 5.14. The topological polar surface area (TPSA) is 3.24 Å². The summed E-state index contributed by atoms with van der Waals surface area (Å²) in [6.45, 7) is 12.1. The second-order valence-electron chi connectivity index (χ2n) is 7.18. The Hall–Kier alpha value is -0.560. The van der Waals surface area contributed by atoms with Gasteiger partial charge in [0.15, 0.2) is 0 Å². The van der Waals surface area contributed by atoms with Gasteiger partial charge in [-0.1, -0.05) is 44.1 Å². The molecule has 1 aliphatic carbocycles. The zero-order valence-electron chi connectivity index (χ0n) is 13.3. The summed E-state index contributed by atoms with van der Waals surface area (Å²) in [6, 6.07) is 0.603. The first-order valence-corrected chi connectivity index (χ1v) is 8.10. The lowest BCUT2D eigenvalue weighted by atomic mass is 9.68. The van der Waals surface area contributed by atoms with Crippen molar-refractivity contribution in [1.82, 2.24) is 4.90 Å². The molecule has 0 bridgehead atoms. The predicted octanol–water partition coefficient (Wildman–Crippen LogP) is 4.80. The van der Waals surface area contributed by atoms with E-state index in [2.05, 4.69) is 50.8 Å². The molecule has 0 aromatic rings. The second-order valence-corrected chi connectivity index (χ2v) is 7.18. The quantitative estimate of drug-likeness (QED) is 0.660. The lowest BCUT2D eigenvalue weighted by Crippen LogP contribution is -2.36. The fourth-order valence-corrected chi connectivity index (χ4v) is 3.70. The van der Waals surface area contributed by atoms with E-state index in [1.165, 1.54) is 45.2 Å². The normalized spacial score (nSPS) is 30.3. The molecule has 0 saturated carbocycles. The standard InChI is InChI=1S/C18H31N/c1-15-9-8-12-18(3,4)17(15)11-10-16(2)19-13-6-5-7-14-19/h9-11,16-17H,5-8,12-14H2,1-4H3/b11-10+. The Kier molecular flexibility index (Phi) is 4.89. The molecule has 2 rings (SSSR count). The molecule has 1 nitrogen and oxygen atoms in total. The fourth-order valence-electron chi connectivity index (χ4n) is 3.70. The maximum Gasteiger partial charge on any atom is 0.0250 e. The van der Waals surface area contributed by atoms with E-state index in [-0.39, 0.29) is 0 Å². The molecule has 1 saturated heterocycles. The number of nitrogens with zero attached hydrogens (tertiary/aromatic N) is 1. The van der Waals surface area contributed by atoms with Crippen molar-refractivity contribution >= 4 is 0 Å². The monoisotopic (exact) mass is 261 g/mol. The van der Waals surface area contributed by atoms with Crippen LogP contribution < -0.4 is 0 Å². The van der Waals surface area contributed by atoms with E-state index in [4.69, 9.17) is 0 Å². The van der Waals surface area contributed by atoms with Crippen LogP contribution in [0.1, 0.15) is 59.8 Å². The molecular formula is C18H31N. The van der Waals surface area contributed by atoms with Crippen molar-refractivity contribution in [3.8, 4) is 0 Å². The summed E-state index contributed by atoms with van der Waals surface area (Å²) < 4.78 is 0. The van der Waals surface area contributed by atoms with E-state index < -0.39 is 0 Å². The molecule has 0 aromatic heterocycles. The molecule has 2 atom stereocenters. The molecule has 0 amide bonds. The zero-order chi connectivity index (χ0) is 13.9. The minimum Gasteiger partial charge on any atom is -0.297 e. The van der Waals surface area contributed by atoms with Gasteiger partial charge in [0.25, 0.3) is 0 Å². The van der Waals surface area contributed by atoms with Gasteiger partial charge in [-0.2, -0.15) is 0 Å². The van der Waals surface area contributed by atoms with Crippen LogP contribution in [0, 0.1) is 11.3 Å². The molecule has 1 fully saturated rings. The third kappa shape index (κ3) is 3.72. The highest BCUT2D eigenvalue weighted by molar-refractivity contribution is 5.19. The van der Waals surface area contributed by atoms with Crippen LogP contribution in [-0.4, -0.2) is 24.0 Å². The van der Waals surface area contributed by atoms with Crippen molar-refractivity contribution < 1.29 is 0 Å². The number of allylic oxidation sites excluding steroid dienone is 3. The molecule has 2 aliphatic rings. The van der Waals surface area contributed by atoms with Gasteiger partial charge in [-0.3, -0.25) is 4.90 Å². The van der Waals surface area contributed by atoms with Gasteiger partial charge < -0.3 is 0 Å². The van der Waals surface area contributed by atoms with Crippen molar-refractivity contribution in [3.63, 3.8) is 0 Å². The Morgan fingerprint density at radius 2 is 1.95 bits per heavy atom. The molecule has 1 heterocycles. The van der Waals surface area contributed by atoms with Crippen LogP contribution in [0.4, 0.5) is 0 Å². The van der Waals surface area contributed by atoms with E-state index in [9.17, 15) is 0 Å². The highest BCUT2D eigenvalue weighted by Crippen LogP contribution is 2.41. The second kappa shape index (κ2) is 6.26. The van der Waals surface area contributed by atoms with Crippen LogP contribution in [0.3, 0.4) is 0 Å². The Balaban J connectivity index is 1.99. The summed E-state index contributed by atoms with van der Waals surface area (Å²) >= 11 is 0. The molecule has 0 N–H and O–H groups in total. The van der Waals surface area contributed by atoms with Crippen LogP contribution >= 0.6 is 0 Å². The van der Waals surface area contributed by atoms with Gasteiger partial charge in [0, 0.05) is 12.0 Å². The molecule has 108 valence electrons. The van der Waals surface area contributed by atoms with Gasteiger partial charge in [0.2, 0.25) is 0 Å². The van der Waals surface area contributed by atoms with Crippen molar-refractivity contribution in [2.45, 2.75) is 65.8 Å². The first-order chi connectivity index (χ1) is 9.00. The Labute approximate surface area is 119 Å². The predicted molar refractivity (Wildman–Crippen MR) is 84.3 cm³/mol. The van der Waals surface area contributed by atoms with Crippen LogP contribution in [-0.2, 0) is 0 Å². The van der Waals surface area contributed by atoms with E-state index >= 15 is 0 Å². The summed E-state index contributed by atoms with van der Waals surface area (Å²) in [5.41, 5.74) is 2.00. The van der Waals surface area contributed by atoms with Crippen molar-refractivity contribution in [3.05, 3.63) is 23.8 Å². The number of rotatable bonds is 3. The van der Waals surface area contributed by atoms with Crippen LogP contribution in [0.15, 0.2) is 23.8 Å². The lowest BCUT2D eigenvalue weighted by molar-refractivity contribution is 0.199. The number of piperidine rings is 1. The zero-order valence-corrected chi connectivity index (χ0v) is 13.3. The summed E-state index contributed by atoms with van der Waals surface area (Å²) in [6.07, 6.45) is 14.1. The molecule has 0 spiro atoms. The van der Waals surface area contributed by atoms with Gasteiger partial charge in [-0.25, -0.2) is 0 Å². The maximum atomic E-state index is 2.63. The van der Waals surface area contributed by atoms with Crippen LogP contribution in [0.5, 0.6) is 0 Å². The maximum absolute atomic E-state index is 2.63. The number of hydrogen-bond acceptors (Lipinski definition) is 1. The van der Waals surface area contributed by atoms with E-state index in [1.54, 1.807) is 5.57 Å². The van der Waals surface area contributed by atoms with Crippen molar-refractivity contribution in [1.29, 1.82) is 0 Å². The molecule has 2 unspecified atom stereocenters. The SMILES string of the molecule is CC1=CCCC(C)(C)C1/C=C/C(C)N1CCCCC1.